The average Bonchev–Trinajstić information content (AvgIpc) is 2.97. The lowest BCUT2D eigenvalue weighted by Crippen LogP contribution is -2.30. The Balaban J connectivity index is 1.89. The molecule has 0 amide bonds. The highest BCUT2D eigenvalue weighted by molar-refractivity contribution is 5.17. The lowest BCUT2D eigenvalue weighted by molar-refractivity contribution is 0.0978. The van der Waals surface area contributed by atoms with Crippen molar-refractivity contribution in [2.75, 3.05) is 13.2 Å². The van der Waals surface area contributed by atoms with E-state index in [0.717, 1.165) is 38.0 Å². The molecular formula is C18H28FNO. The first-order chi connectivity index (χ1) is 10.1. The van der Waals surface area contributed by atoms with Crippen molar-refractivity contribution in [2.24, 2.45) is 5.92 Å². The molecule has 2 unspecified atom stereocenters. The van der Waals surface area contributed by atoms with E-state index in [1.165, 1.54) is 12.8 Å². The minimum atomic E-state index is -0.0795. The van der Waals surface area contributed by atoms with Gasteiger partial charge in [-0.05, 0) is 56.2 Å². The van der Waals surface area contributed by atoms with E-state index >= 15 is 0 Å². The molecule has 0 bridgehead atoms. The monoisotopic (exact) mass is 293 g/mol. The summed E-state index contributed by atoms with van der Waals surface area (Å²) in [4.78, 5) is 0. The molecule has 21 heavy (non-hydrogen) atoms. The number of ether oxygens (including phenoxy) is 1. The SMILES string of the molecule is CC(C)NCC(CCC1CCCO1)Cc1ccccc1F. The maximum absolute atomic E-state index is 13.8. The zero-order valence-corrected chi connectivity index (χ0v) is 13.3. The fraction of sp³-hybridized carbons (Fsp3) is 0.667. The first-order valence-electron chi connectivity index (χ1n) is 8.23. The van der Waals surface area contributed by atoms with E-state index in [2.05, 4.69) is 19.2 Å². The molecule has 1 fully saturated rings. The van der Waals surface area contributed by atoms with Crippen LogP contribution in [0.25, 0.3) is 0 Å². The molecule has 3 heteroatoms. The molecule has 1 heterocycles. The van der Waals surface area contributed by atoms with Gasteiger partial charge in [0, 0.05) is 12.6 Å². The lowest BCUT2D eigenvalue weighted by Gasteiger charge is -2.21. The molecule has 0 saturated carbocycles. The third-order valence-electron chi connectivity index (χ3n) is 4.20. The maximum atomic E-state index is 13.8. The third-order valence-corrected chi connectivity index (χ3v) is 4.20. The van der Waals surface area contributed by atoms with Crippen molar-refractivity contribution in [1.82, 2.24) is 5.32 Å². The van der Waals surface area contributed by atoms with Crippen molar-refractivity contribution in [1.29, 1.82) is 0 Å². The van der Waals surface area contributed by atoms with E-state index < -0.39 is 0 Å². The van der Waals surface area contributed by atoms with Crippen molar-refractivity contribution < 1.29 is 9.13 Å². The summed E-state index contributed by atoms with van der Waals surface area (Å²) in [6.07, 6.45) is 5.79. The molecule has 118 valence electrons. The van der Waals surface area contributed by atoms with E-state index in [0.29, 0.717) is 18.1 Å². The molecule has 0 aromatic heterocycles. The standard InChI is InChI=1S/C18H28FNO/c1-14(2)20-13-15(9-10-17-7-5-11-21-17)12-16-6-3-4-8-18(16)19/h3-4,6,8,14-15,17,20H,5,7,9-13H2,1-2H3. The van der Waals surface area contributed by atoms with Crippen molar-refractivity contribution in [3.63, 3.8) is 0 Å². The molecular weight excluding hydrogens is 265 g/mol. The number of hydrogen-bond donors (Lipinski definition) is 1. The molecule has 2 nitrogen and oxygen atoms in total. The van der Waals surface area contributed by atoms with Crippen LogP contribution in [0.1, 0.15) is 45.1 Å². The number of halogens is 1. The van der Waals surface area contributed by atoms with Gasteiger partial charge >= 0.3 is 0 Å². The van der Waals surface area contributed by atoms with Gasteiger partial charge in [0.15, 0.2) is 0 Å². The van der Waals surface area contributed by atoms with Gasteiger partial charge in [-0.15, -0.1) is 0 Å². The van der Waals surface area contributed by atoms with Crippen LogP contribution in [0.2, 0.25) is 0 Å². The molecule has 1 aliphatic heterocycles. The van der Waals surface area contributed by atoms with Crippen LogP contribution in [0.3, 0.4) is 0 Å². The van der Waals surface area contributed by atoms with Crippen molar-refractivity contribution in [3.8, 4) is 0 Å². The largest absolute Gasteiger partial charge is 0.378 e. The Morgan fingerprint density at radius 1 is 1.33 bits per heavy atom. The Labute approximate surface area is 128 Å². The van der Waals surface area contributed by atoms with Gasteiger partial charge in [-0.1, -0.05) is 32.0 Å². The minimum absolute atomic E-state index is 0.0795. The summed E-state index contributed by atoms with van der Waals surface area (Å²) in [6, 6.07) is 7.61. The van der Waals surface area contributed by atoms with Crippen LogP contribution >= 0.6 is 0 Å². The van der Waals surface area contributed by atoms with Gasteiger partial charge < -0.3 is 10.1 Å². The number of rotatable bonds is 8. The predicted molar refractivity (Wildman–Crippen MR) is 84.9 cm³/mol. The average molecular weight is 293 g/mol. The molecule has 1 aromatic carbocycles. The first kappa shape index (κ1) is 16.4. The van der Waals surface area contributed by atoms with Crippen molar-refractivity contribution in [2.45, 2.75) is 58.1 Å². The van der Waals surface area contributed by atoms with E-state index in [9.17, 15) is 4.39 Å². The van der Waals surface area contributed by atoms with Gasteiger partial charge in [-0.2, -0.15) is 0 Å². The minimum Gasteiger partial charge on any atom is -0.378 e. The Morgan fingerprint density at radius 2 is 2.14 bits per heavy atom. The summed E-state index contributed by atoms with van der Waals surface area (Å²) >= 11 is 0. The number of hydrogen-bond acceptors (Lipinski definition) is 2. The molecule has 1 aromatic rings. The molecule has 1 saturated heterocycles. The Bertz CT molecular complexity index is 415. The van der Waals surface area contributed by atoms with Crippen LogP contribution in [-0.4, -0.2) is 25.3 Å². The molecule has 0 radical (unpaired) electrons. The van der Waals surface area contributed by atoms with E-state index in [-0.39, 0.29) is 5.82 Å². The molecule has 1 N–H and O–H groups in total. The summed E-state index contributed by atoms with van der Waals surface area (Å²) in [6.45, 7) is 6.16. The molecule has 0 aliphatic carbocycles. The van der Waals surface area contributed by atoms with Gasteiger partial charge in [-0.3, -0.25) is 0 Å². The van der Waals surface area contributed by atoms with Crippen LogP contribution in [0.15, 0.2) is 24.3 Å². The first-order valence-corrected chi connectivity index (χ1v) is 8.23. The van der Waals surface area contributed by atoms with Gasteiger partial charge in [0.1, 0.15) is 5.82 Å². The van der Waals surface area contributed by atoms with Crippen LogP contribution in [-0.2, 0) is 11.2 Å². The maximum Gasteiger partial charge on any atom is 0.126 e. The summed E-state index contributed by atoms with van der Waals surface area (Å²) in [5.41, 5.74) is 0.834. The fourth-order valence-corrected chi connectivity index (χ4v) is 2.95. The van der Waals surface area contributed by atoms with Crippen LogP contribution in [0.4, 0.5) is 4.39 Å². The molecule has 1 aliphatic rings. The van der Waals surface area contributed by atoms with Crippen molar-refractivity contribution >= 4 is 0 Å². The topological polar surface area (TPSA) is 21.3 Å². The molecule has 2 atom stereocenters. The quantitative estimate of drug-likeness (QED) is 0.784. The van der Waals surface area contributed by atoms with Crippen LogP contribution in [0.5, 0.6) is 0 Å². The third kappa shape index (κ3) is 5.76. The summed E-state index contributed by atoms with van der Waals surface area (Å²) in [7, 11) is 0. The summed E-state index contributed by atoms with van der Waals surface area (Å²) in [5, 5.41) is 3.50. The lowest BCUT2D eigenvalue weighted by atomic mass is 9.92. The fourth-order valence-electron chi connectivity index (χ4n) is 2.95. The molecule has 0 spiro atoms. The molecule has 2 rings (SSSR count). The summed E-state index contributed by atoms with van der Waals surface area (Å²) < 4.78 is 19.6. The second-order valence-electron chi connectivity index (χ2n) is 6.44. The predicted octanol–water partition coefficient (Wildman–Crippen LogP) is 3.94. The number of nitrogens with one attached hydrogen (secondary N) is 1. The smallest absolute Gasteiger partial charge is 0.126 e. The second kappa shape index (κ2) is 8.50. The zero-order valence-electron chi connectivity index (χ0n) is 13.3. The van der Waals surface area contributed by atoms with E-state index in [4.69, 9.17) is 4.74 Å². The van der Waals surface area contributed by atoms with Crippen LogP contribution in [0, 0.1) is 11.7 Å². The van der Waals surface area contributed by atoms with E-state index in [1.54, 1.807) is 12.1 Å². The van der Waals surface area contributed by atoms with Gasteiger partial charge in [0.05, 0.1) is 6.10 Å². The Hall–Kier alpha value is -0.930. The highest BCUT2D eigenvalue weighted by Gasteiger charge is 2.19. The van der Waals surface area contributed by atoms with E-state index in [1.807, 2.05) is 12.1 Å². The van der Waals surface area contributed by atoms with Gasteiger partial charge in [0.25, 0.3) is 0 Å². The highest BCUT2D eigenvalue weighted by Crippen LogP contribution is 2.22. The number of benzene rings is 1. The zero-order chi connectivity index (χ0) is 15.1. The van der Waals surface area contributed by atoms with Crippen molar-refractivity contribution in [3.05, 3.63) is 35.6 Å². The Morgan fingerprint density at radius 3 is 2.81 bits per heavy atom. The second-order valence-corrected chi connectivity index (χ2v) is 6.44. The highest BCUT2D eigenvalue weighted by atomic mass is 19.1. The van der Waals surface area contributed by atoms with Gasteiger partial charge in [0.2, 0.25) is 0 Å². The summed E-state index contributed by atoms with van der Waals surface area (Å²) in [5.74, 6) is 0.387. The van der Waals surface area contributed by atoms with Gasteiger partial charge in [-0.25, -0.2) is 4.39 Å². The normalized spacial score (nSPS) is 20.1. The Kier molecular flexibility index (Phi) is 6.65. The van der Waals surface area contributed by atoms with Crippen LogP contribution < -0.4 is 5.32 Å².